The Hall–Kier alpha value is -3.85. The van der Waals surface area contributed by atoms with Crippen molar-refractivity contribution in [3.8, 4) is 0 Å². The van der Waals surface area contributed by atoms with Crippen LogP contribution >= 0.6 is 0 Å². The fourth-order valence-electron chi connectivity index (χ4n) is 8.50. The van der Waals surface area contributed by atoms with Gasteiger partial charge in [0, 0.05) is 6.92 Å². The highest BCUT2D eigenvalue weighted by molar-refractivity contribution is 5.81. The van der Waals surface area contributed by atoms with Crippen molar-refractivity contribution in [3.05, 3.63) is 12.2 Å². The average Bonchev–Trinajstić information content (AvgIpc) is 3.70. The number of Topliss-reactive ketones (excluding diaryl/α,β-unsaturated/α-hetero) is 1. The number of ketones is 1. The summed E-state index contributed by atoms with van der Waals surface area (Å²) in [6.45, 7) is 34.3. The molecule has 4 atom stereocenters. The zero-order valence-electron chi connectivity index (χ0n) is 58.9. The third kappa shape index (κ3) is 70.9. The second-order valence-electron chi connectivity index (χ2n) is 22.9. The molecule has 0 fully saturated rings. The van der Waals surface area contributed by atoms with Gasteiger partial charge < -0.3 is 28.4 Å². The molecule has 0 aromatic rings. The number of ether oxygens (including phenoxy) is 6. The number of carbonyl (C=O) groups excluding carboxylic acids is 7. The third-order valence-electron chi connectivity index (χ3n) is 14.3. The first-order valence-electron chi connectivity index (χ1n) is 35.0. The first kappa shape index (κ1) is 90.9. The van der Waals surface area contributed by atoms with E-state index in [1.54, 1.807) is 0 Å². The molecule has 0 saturated carbocycles. The molecule has 0 aliphatic carbocycles. The van der Waals surface area contributed by atoms with Gasteiger partial charge in [0.25, 0.3) is 0 Å². The highest BCUT2D eigenvalue weighted by Gasteiger charge is 2.24. The summed E-state index contributed by atoms with van der Waals surface area (Å²) in [6.07, 6.45) is 37.9. The molecule has 0 N–H and O–H groups in total. The Morgan fingerprint density at radius 3 is 0.942 bits per heavy atom. The Morgan fingerprint density at radius 2 is 0.674 bits per heavy atom. The topological polar surface area (TPSA) is 181 Å². The van der Waals surface area contributed by atoms with Crippen molar-refractivity contribution < 1.29 is 62.0 Å². The van der Waals surface area contributed by atoms with Crippen molar-refractivity contribution in [2.45, 2.75) is 316 Å². The molecule has 0 bridgehead atoms. The molecule has 0 aromatic heterocycles. The normalized spacial score (nSPS) is 12.1. The van der Waals surface area contributed by atoms with Gasteiger partial charge in [0.05, 0.1) is 72.3 Å². The minimum Gasteiger partial charge on any atom is -0.466 e. The molecule has 0 amide bonds. The summed E-state index contributed by atoms with van der Waals surface area (Å²) in [5.41, 5.74) is 0. The van der Waals surface area contributed by atoms with Crippen LogP contribution in [0.4, 0.5) is 0 Å². The van der Waals surface area contributed by atoms with Gasteiger partial charge in [-0.1, -0.05) is 257 Å². The molecule has 0 rings (SSSR count). The summed E-state index contributed by atoms with van der Waals surface area (Å²) in [4.78, 5) is 86.9. The van der Waals surface area contributed by atoms with Crippen LogP contribution in [0.2, 0.25) is 0 Å². The van der Waals surface area contributed by atoms with Gasteiger partial charge in [0.2, 0.25) is 0 Å². The third-order valence-corrected chi connectivity index (χ3v) is 14.3. The van der Waals surface area contributed by atoms with E-state index < -0.39 is 29.8 Å². The predicted octanol–water partition coefficient (Wildman–Crippen LogP) is 17.5. The molecule has 0 aromatic carbocycles. The largest absolute Gasteiger partial charge is 0.466 e. The summed E-state index contributed by atoms with van der Waals surface area (Å²) in [5, 5.41) is 0. The summed E-state index contributed by atoms with van der Waals surface area (Å²) in [6, 6.07) is 0. The molecule has 15 heteroatoms. The van der Waals surface area contributed by atoms with E-state index in [0.717, 1.165) is 109 Å². The van der Waals surface area contributed by atoms with Crippen molar-refractivity contribution in [2.24, 2.45) is 17.8 Å². The van der Waals surface area contributed by atoms with Crippen LogP contribution in [-0.4, -0.2) is 130 Å². The van der Waals surface area contributed by atoms with E-state index in [4.69, 9.17) is 23.7 Å². The molecular weight excluding hydrogens is 1090 g/mol. The van der Waals surface area contributed by atoms with E-state index in [2.05, 4.69) is 87.0 Å². The predicted molar refractivity (Wildman–Crippen MR) is 356 cm³/mol. The first-order valence-corrected chi connectivity index (χ1v) is 35.0. The monoisotopic (exact) mass is 1230 g/mol. The van der Waals surface area contributed by atoms with E-state index in [9.17, 15) is 33.6 Å². The SMILES string of the molecule is CC.CCCC.CCCCCCCCOC(=O)CN(CC(=O)OCCCCCCCC)CC(=O)OC(/C=C\C(CC)C(C)CC)CC(C)CC.CCCCCCCCOC(=O)CN(CC(C)=O)CC(=O)OCCCCCCCC.CCCOC(C)=O. The number of esters is 6. The molecule has 510 valence electrons. The van der Waals surface area contributed by atoms with Gasteiger partial charge in [-0.3, -0.25) is 43.4 Å². The molecule has 0 spiro atoms. The lowest BCUT2D eigenvalue weighted by Crippen LogP contribution is -2.40. The second kappa shape index (κ2) is 71.9. The van der Waals surface area contributed by atoms with Crippen LogP contribution in [0.1, 0.15) is 310 Å². The average molecular weight is 1230 g/mol. The Balaban J connectivity index is -0.000000443. The Kier molecular flexibility index (Phi) is 76.0. The standard InChI is InChI=1S/C37H69NO6.C23H43NO5.C5H10O2.C4H10.C2H6/c1-8-13-15-17-19-21-25-42-35(39)28-38(29-36(40)43-26-22-20-18-16-14-9-2)30-37(41)44-34(27-31(6)10-3)24-23-33(12-5)32(7)11-4;1-4-6-8-10-12-14-16-28-22(26)19-24(18-21(3)25)20-23(27)29-17-15-13-11-9-7-5-2;1-3-4-7-5(2)6;1-3-4-2;1-2/h23-24,31-34H,8-22,25-30H2,1-7H3;4-20H2,1-3H3;3-4H2,1-2H3;3-4H2,1-2H3;1-2H3/b24-23-;;;;. The Bertz CT molecular complexity index is 1510. The van der Waals surface area contributed by atoms with Crippen LogP contribution in [0.15, 0.2) is 12.2 Å². The number of hydrogen-bond donors (Lipinski definition) is 0. The van der Waals surface area contributed by atoms with Gasteiger partial charge in [-0.05, 0) is 75.7 Å². The van der Waals surface area contributed by atoms with E-state index in [1.165, 1.54) is 114 Å². The fraction of sp³-hybridized carbons (Fsp3) is 0.873. The maximum absolute atomic E-state index is 13.2. The maximum atomic E-state index is 13.2. The van der Waals surface area contributed by atoms with E-state index in [-0.39, 0.29) is 57.1 Å². The molecule has 0 aliphatic heterocycles. The highest BCUT2D eigenvalue weighted by Crippen LogP contribution is 2.22. The number of hydrogen-bond acceptors (Lipinski definition) is 15. The zero-order valence-corrected chi connectivity index (χ0v) is 58.9. The molecule has 15 nitrogen and oxygen atoms in total. The maximum Gasteiger partial charge on any atom is 0.320 e. The van der Waals surface area contributed by atoms with Gasteiger partial charge in [-0.2, -0.15) is 0 Å². The van der Waals surface area contributed by atoms with Gasteiger partial charge in [0.1, 0.15) is 11.9 Å². The highest BCUT2D eigenvalue weighted by atomic mass is 16.6. The van der Waals surface area contributed by atoms with Gasteiger partial charge >= 0.3 is 35.8 Å². The molecule has 86 heavy (non-hydrogen) atoms. The molecule has 4 unspecified atom stereocenters. The number of unbranched alkanes of at least 4 members (excludes halogenated alkanes) is 21. The number of carbonyl (C=O) groups is 7. The number of allylic oxidation sites excluding steroid dienone is 1. The Morgan fingerprint density at radius 1 is 0.349 bits per heavy atom. The summed E-state index contributed by atoms with van der Waals surface area (Å²) in [5.74, 6) is -1.05. The van der Waals surface area contributed by atoms with Crippen molar-refractivity contribution in [3.63, 3.8) is 0 Å². The van der Waals surface area contributed by atoms with E-state index in [0.29, 0.717) is 50.8 Å². The number of nitrogens with zero attached hydrogens (tertiary/aromatic N) is 2. The smallest absolute Gasteiger partial charge is 0.320 e. The van der Waals surface area contributed by atoms with Crippen LogP contribution in [0.5, 0.6) is 0 Å². The van der Waals surface area contributed by atoms with Crippen molar-refractivity contribution in [1.29, 1.82) is 0 Å². The quantitative estimate of drug-likeness (QED) is 0.0243. The van der Waals surface area contributed by atoms with Crippen LogP contribution in [-0.2, 0) is 62.0 Å². The van der Waals surface area contributed by atoms with Crippen molar-refractivity contribution >= 4 is 41.6 Å². The summed E-state index contributed by atoms with van der Waals surface area (Å²) in [7, 11) is 0. The van der Waals surface area contributed by atoms with Gasteiger partial charge in [0.15, 0.2) is 0 Å². The van der Waals surface area contributed by atoms with Crippen LogP contribution in [0.3, 0.4) is 0 Å². The Labute approximate surface area is 529 Å². The lowest BCUT2D eigenvalue weighted by atomic mass is 9.88. The van der Waals surface area contributed by atoms with Gasteiger partial charge in [-0.15, -0.1) is 0 Å². The minimum atomic E-state index is -0.452. The molecule has 0 saturated heterocycles. The van der Waals surface area contributed by atoms with E-state index >= 15 is 0 Å². The van der Waals surface area contributed by atoms with Crippen molar-refractivity contribution in [2.75, 3.05) is 72.3 Å². The first-order chi connectivity index (χ1) is 41.4. The number of rotatable bonds is 52. The molecule has 0 aliphatic rings. The van der Waals surface area contributed by atoms with Crippen molar-refractivity contribution in [1.82, 2.24) is 9.80 Å². The second-order valence-corrected chi connectivity index (χ2v) is 22.9. The summed E-state index contributed by atoms with van der Waals surface area (Å²) < 4.78 is 31.9. The van der Waals surface area contributed by atoms with Gasteiger partial charge in [-0.25, -0.2) is 0 Å². The van der Waals surface area contributed by atoms with Crippen LogP contribution < -0.4 is 0 Å². The summed E-state index contributed by atoms with van der Waals surface area (Å²) >= 11 is 0. The van der Waals surface area contributed by atoms with Crippen LogP contribution in [0.25, 0.3) is 0 Å². The lowest BCUT2D eigenvalue weighted by Gasteiger charge is -2.23. The molecule has 0 radical (unpaired) electrons. The zero-order chi connectivity index (χ0) is 65.9. The lowest BCUT2D eigenvalue weighted by molar-refractivity contribution is -0.154. The minimum absolute atomic E-state index is 0.0399. The molecule has 0 heterocycles. The van der Waals surface area contributed by atoms with E-state index in [1.807, 2.05) is 26.8 Å². The fourth-order valence-corrected chi connectivity index (χ4v) is 8.50. The van der Waals surface area contributed by atoms with Crippen LogP contribution in [0, 0.1) is 17.8 Å². The molecular formula is C71H138N2O13.